The molecule has 0 aliphatic heterocycles. The molecule has 0 fully saturated rings. The Morgan fingerprint density at radius 3 is 2.54 bits per heavy atom. The fourth-order valence-corrected chi connectivity index (χ4v) is 3.36. The van der Waals surface area contributed by atoms with E-state index >= 15 is 0 Å². The smallest absolute Gasteiger partial charge is 0.408 e. The largest absolute Gasteiger partial charge is 0.449 e. The summed E-state index contributed by atoms with van der Waals surface area (Å²) in [6.45, 7) is 6.06. The Morgan fingerprint density at radius 1 is 1.38 bits per heavy atom. The Labute approximate surface area is 166 Å². The summed E-state index contributed by atoms with van der Waals surface area (Å²) in [5.41, 5.74) is -0.583. The topological polar surface area (TPSA) is 77.2 Å². The number of hydrogen-bond acceptors (Lipinski definition) is 6. The molecule has 0 aliphatic rings. The van der Waals surface area contributed by atoms with Gasteiger partial charge in [0, 0.05) is 0 Å². The quantitative estimate of drug-likeness (QED) is 0.366. The van der Waals surface area contributed by atoms with Crippen LogP contribution in [-0.4, -0.2) is 34.0 Å². The number of alkyl halides is 2. The second kappa shape index (κ2) is 7.47. The van der Waals surface area contributed by atoms with E-state index in [1.165, 1.54) is 11.8 Å². The molecule has 6 nitrogen and oxygen atoms in total. The molecule has 11 heteroatoms. The van der Waals surface area contributed by atoms with Crippen molar-refractivity contribution in [2.24, 2.45) is 0 Å². The minimum atomic E-state index is -3.54. The second-order valence-electron chi connectivity index (χ2n) is 6.42. The molecule has 2 aromatic heterocycles. The zero-order valence-corrected chi connectivity index (χ0v) is 17.8. The molecule has 26 heavy (non-hydrogen) atoms. The number of rotatable bonds is 4. The lowest BCUT2D eigenvalue weighted by Gasteiger charge is -2.25. The van der Waals surface area contributed by atoms with E-state index in [1.54, 1.807) is 27.0 Å². The molecule has 1 atom stereocenters. The van der Waals surface area contributed by atoms with Crippen LogP contribution < -0.4 is 5.32 Å². The van der Waals surface area contributed by atoms with Gasteiger partial charge in [-0.25, -0.2) is 14.8 Å². The molecule has 0 aromatic carbocycles. The molecule has 0 bridgehead atoms. The summed E-state index contributed by atoms with van der Waals surface area (Å²) in [5, 5.41) is 2.37. The third kappa shape index (κ3) is 4.40. The number of hydrogen-bond donors (Lipinski definition) is 1. The number of carbonyl (C=O) groups excluding carboxylic acids is 1. The van der Waals surface area contributed by atoms with Crippen LogP contribution in [0.15, 0.2) is 13.9 Å². The Morgan fingerprint density at radius 2 is 2.00 bits per heavy atom. The maximum atomic E-state index is 14.9. The molecule has 2 aromatic rings. The van der Waals surface area contributed by atoms with Gasteiger partial charge in [-0.05, 0) is 61.5 Å². The van der Waals surface area contributed by atoms with Crippen LogP contribution in [0.1, 0.15) is 33.5 Å². The Bertz CT molecular complexity index is 842. The van der Waals surface area contributed by atoms with Gasteiger partial charge in [-0.2, -0.15) is 8.78 Å². The molecule has 0 radical (unpaired) electrons. The highest BCUT2D eigenvalue weighted by Crippen LogP contribution is 2.43. The number of alkyl carbamates (subject to hydrolysis) is 1. The normalized spacial score (nSPS) is 13.7. The summed E-state index contributed by atoms with van der Waals surface area (Å²) in [4.78, 5) is 19.7. The first-order chi connectivity index (χ1) is 11.9. The van der Waals surface area contributed by atoms with Gasteiger partial charge in [-0.1, -0.05) is 0 Å². The number of carbonyl (C=O) groups is 1. The second-order valence-corrected chi connectivity index (χ2v) is 8.34. The van der Waals surface area contributed by atoms with Crippen molar-refractivity contribution in [2.75, 3.05) is 6.26 Å². The first-order valence-corrected chi connectivity index (χ1v) is 9.83. The van der Waals surface area contributed by atoms with Gasteiger partial charge in [0.05, 0.1) is 4.47 Å². The highest BCUT2D eigenvalue weighted by molar-refractivity contribution is 9.10. The van der Waals surface area contributed by atoms with Crippen molar-refractivity contribution >= 4 is 56.5 Å². The van der Waals surface area contributed by atoms with Gasteiger partial charge in [-0.3, -0.25) is 0 Å². The highest BCUT2D eigenvalue weighted by atomic mass is 79.9. The fraction of sp³-hybridized carbons (Fsp3) is 0.533. The summed E-state index contributed by atoms with van der Waals surface area (Å²) in [5.74, 6) is -4.22. The lowest BCUT2D eigenvalue weighted by molar-refractivity contribution is -0.0582. The molecule has 2 rings (SSSR count). The van der Waals surface area contributed by atoms with Crippen LogP contribution in [0.25, 0.3) is 11.1 Å². The van der Waals surface area contributed by atoms with Gasteiger partial charge >= 0.3 is 12.0 Å². The zero-order chi connectivity index (χ0) is 19.9. The average molecular weight is 473 g/mol. The summed E-state index contributed by atoms with van der Waals surface area (Å²) in [6.07, 6.45) is 0.753. The molecular formula is C15H17BrClF2N3O3S. The zero-order valence-electron chi connectivity index (χ0n) is 14.6. The van der Waals surface area contributed by atoms with Gasteiger partial charge in [-0.15, -0.1) is 11.8 Å². The summed E-state index contributed by atoms with van der Waals surface area (Å²) in [7, 11) is 0. The number of halogens is 4. The number of amides is 1. The Hall–Kier alpha value is -1.13. The van der Waals surface area contributed by atoms with E-state index in [0.717, 1.165) is 6.92 Å². The predicted octanol–water partition coefficient (Wildman–Crippen LogP) is 5.37. The third-order valence-corrected chi connectivity index (χ3v) is 4.76. The van der Waals surface area contributed by atoms with E-state index in [-0.39, 0.29) is 20.9 Å². The van der Waals surface area contributed by atoms with Crippen LogP contribution in [0.5, 0.6) is 0 Å². The fourth-order valence-electron chi connectivity index (χ4n) is 2.02. The lowest BCUT2D eigenvalue weighted by atomic mass is 10.1. The minimum absolute atomic E-state index is 0.0464. The molecular weight excluding hydrogens is 456 g/mol. The summed E-state index contributed by atoms with van der Waals surface area (Å²) < 4.78 is 40.1. The molecule has 144 valence electrons. The van der Waals surface area contributed by atoms with Crippen molar-refractivity contribution in [3.63, 3.8) is 0 Å². The van der Waals surface area contributed by atoms with Gasteiger partial charge in [0.15, 0.2) is 11.3 Å². The predicted molar refractivity (Wildman–Crippen MR) is 99.0 cm³/mol. The van der Waals surface area contributed by atoms with Crippen LogP contribution in [0.4, 0.5) is 13.6 Å². The molecule has 2 heterocycles. The monoisotopic (exact) mass is 471 g/mol. The van der Waals surface area contributed by atoms with Crippen LogP contribution in [0.2, 0.25) is 5.28 Å². The van der Waals surface area contributed by atoms with E-state index < -0.39 is 29.4 Å². The van der Waals surface area contributed by atoms with Crippen LogP contribution in [-0.2, 0) is 10.7 Å². The van der Waals surface area contributed by atoms with Crippen molar-refractivity contribution in [1.82, 2.24) is 15.3 Å². The highest BCUT2D eigenvalue weighted by Gasteiger charge is 2.46. The first kappa shape index (κ1) is 21.2. The minimum Gasteiger partial charge on any atom is -0.449 e. The maximum absolute atomic E-state index is 14.9. The van der Waals surface area contributed by atoms with Crippen molar-refractivity contribution in [3.05, 3.63) is 15.5 Å². The van der Waals surface area contributed by atoms with Crippen molar-refractivity contribution in [1.29, 1.82) is 0 Å². The van der Waals surface area contributed by atoms with E-state index in [4.69, 9.17) is 20.8 Å². The van der Waals surface area contributed by atoms with Crippen LogP contribution >= 0.6 is 39.3 Å². The third-order valence-electron chi connectivity index (χ3n) is 3.19. The number of thioether (sulfide) groups is 1. The standard InChI is InChI=1S/C15H17BrClF2N3O3S/c1-6(20-13(23)25-14(2,3)4)15(18,19)10-7(16)8-9(24-10)11(26-5)22-12(17)21-8/h6H,1-5H3,(H,20,23)/t6-/m0/s1. The Kier molecular flexibility index (Phi) is 6.09. The van der Waals surface area contributed by atoms with Crippen molar-refractivity contribution in [3.8, 4) is 0 Å². The SMILES string of the molecule is CSc1nc(Cl)nc2c(Br)c(C(F)(F)[C@H](C)NC(=O)OC(C)(C)C)oc12. The van der Waals surface area contributed by atoms with Crippen molar-refractivity contribution in [2.45, 2.75) is 50.3 Å². The number of aromatic nitrogens is 2. The summed E-state index contributed by atoms with van der Waals surface area (Å²) >= 11 is 10.1. The first-order valence-electron chi connectivity index (χ1n) is 7.44. The van der Waals surface area contributed by atoms with Crippen LogP contribution in [0, 0.1) is 0 Å². The summed E-state index contributed by atoms with van der Waals surface area (Å²) in [6, 6.07) is -1.60. The molecule has 0 saturated heterocycles. The van der Waals surface area contributed by atoms with Gasteiger partial charge in [0.25, 0.3) is 0 Å². The maximum Gasteiger partial charge on any atom is 0.408 e. The van der Waals surface area contributed by atoms with E-state index in [0.29, 0.717) is 5.03 Å². The molecule has 0 aliphatic carbocycles. The van der Waals surface area contributed by atoms with Gasteiger partial charge < -0.3 is 14.5 Å². The molecule has 0 unspecified atom stereocenters. The van der Waals surface area contributed by atoms with Crippen LogP contribution in [0.3, 0.4) is 0 Å². The molecule has 1 N–H and O–H groups in total. The lowest BCUT2D eigenvalue weighted by Crippen LogP contribution is -2.45. The number of ether oxygens (including phenoxy) is 1. The van der Waals surface area contributed by atoms with Crippen molar-refractivity contribution < 1.29 is 22.7 Å². The number of fused-ring (bicyclic) bond motifs is 1. The van der Waals surface area contributed by atoms with E-state index in [2.05, 4.69) is 31.2 Å². The molecule has 0 spiro atoms. The van der Waals surface area contributed by atoms with Gasteiger partial charge in [0.2, 0.25) is 5.28 Å². The average Bonchev–Trinajstić information content (AvgIpc) is 2.82. The number of nitrogens with one attached hydrogen (secondary N) is 1. The van der Waals surface area contributed by atoms with E-state index in [9.17, 15) is 13.6 Å². The van der Waals surface area contributed by atoms with E-state index in [1.807, 2.05) is 0 Å². The van der Waals surface area contributed by atoms with Gasteiger partial charge in [0.1, 0.15) is 22.2 Å². The molecule has 1 amide bonds. The number of nitrogens with zero attached hydrogens (tertiary/aromatic N) is 2. The number of furan rings is 1. The molecule has 0 saturated carbocycles. The Balaban J connectivity index is 2.39.